The van der Waals surface area contributed by atoms with Crippen LogP contribution in [0.5, 0.6) is 0 Å². The molecule has 9 heteroatoms. The van der Waals surface area contributed by atoms with Crippen molar-refractivity contribution >= 4 is 13.8 Å². The molecule has 0 unspecified atom stereocenters. The lowest BCUT2D eigenvalue weighted by Gasteiger charge is -2.17. The van der Waals surface area contributed by atoms with Gasteiger partial charge in [0.1, 0.15) is 12.9 Å². The fraction of sp³-hybridized carbons (Fsp3) is 0.938. The number of unbranched alkanes of at least 4 members (excludes halogenated alkanes) is 8. The zero-order valence-corrected chi connectivity index (χ0v) is 16.0. The lowest BCUT2D eigenvalue weighted by Crippen LogP contribution is -2.28. The highest BCUT2D eigenvalue weighted by molar-refractivity contribution is 7.46. The molecule has 0 fully saturated rings. The Balaban J connectivity index is 3.80. The van der Waals surface area contributed by atoms with Gasteiger partial charge in [-0.3, -0.25) is 9.32 Å². The van der Waals surface area contributed by atoms with Crippen LogP contribution in [0.2, 0.25) is 0 Å². The Morgan fingerprint density at radius 1 is 0.960 bits per heavy atom. The molecule has 0 radical (unpaired) electrons. The molecule has 8 nitrogen and oxygen atoms in total. The molecule has 0 bridgehead atoms. The van der Waals surface area contributed by atoms with Crippen molar-refractivity contribution in [2.45, 2.75) is 77.2 Å². The van der Waals surface area contributed by atoms with Crippen LogP contribution in [0.25, 0.3) is 0 Å². The second-order valence-corrected chi connectivity index (χ2v) is 7.22. The van der Waals surface area contributed by atoms with Gasteiger partial charge in [0, 0.05) is 6.42 Å². The molecule has 0 saturated carbocycles. The first-order chi connectivity index (χ1) is 11.9. The number of carbonyl (C=O) groups is 1. The summed E-state index contributed by atoms with van der Waals surface area (Å²) in [5.74, 6) is -0.469. The van der Waals surface area contributed by atoms with Crippen LogP contribution in [0.1, 0.15) is 71.1 Å². The van der Waals surface area contributed by atoms with E-state index >= 15 is 0 Å². The summed E-state index contributed by atoms with van der Waals surface area (Å²) in [5.41, 5.74) is 0. The van der Waals surface area contributed by atoms with Gasteiger partial charge in [0.2, 0.25) is 0 Å². The Hall–Kier alpha value is -0.500. The number of ether oxygens (including phenoxy) is 2. The Morgan fingerprint density at radius 3 is 2.04 bits per heavy atom. The molecule has 0 aliphatic carbocycles. The SMILES string of the molecule is CCCCCCCCCCCC(=O)O[C@H](COCO)COP(=O)(O)O. The Kier molecular flexibility index (Phi) is 15.4. The van der Waals surface area contributed by atoms with Crippen molar-refractivity contribution in [3.05, 3.63) is 0 Å². The fourth-order valence-corrected chi connectivity index (χ4v) is 2.67. The summed E-state index contributed by atoms with van der Waals surface area (Å²) in [6, 6.07) is 0. The molecule has 0 rings (SSSR count). The van der Waals surface area contributed by atoms with Crippen molar-refractivity contribution < 1.29 is 38.3 Å². The molecule has 0 saturated heterocycles. The van der Waals surface area contributed by atoms with E-state index in [1.165, 1.54) is 38.5 Å². The average Bonchev–Trinajstić information content (AvgIpc) is 2.55. The molecular formula is C16H33O8P. The first kappa shape index (κ1) is 24.5. The maximum absolute atomic E-state index is 11.8. The molecule has 0 aromatic heterocycles. The van der Waals surface area contributed by atoms with Crippen molar-refractivity contribution in [2.24, 2.45) is 0 Å². The molecule has 0 aliphatic heterocycles. The third-order valence-corrected chi connectivity index (χ3v) is 4.09. The van der Waals surface area contributed by atoms with E-state index in [0.29, 0.717) is 6.42 Å². The molecule has 0 aromatic rings. The zero-order chi connectivity index (χ0) is 19.0. The maximum Gasteiger partial charge on any atom is 0.469 e. The van der Waals surface area contributed by atoms with Gasteiger partial charge in [-0.05, 0) is 6.42 Å². The minimum atomic E-state index is -4.65. The van der Waals surface area contributed by atoms with Gasteiger partial charge in [0.05, 0.1) is 13.2 Å². The summed E-state index contributed by atoms with van der Waals surface area (Å²) >= 11 is 0. The van der Waals surface area contributed by atoms with E-state index in [0.717, 1.165) is 12.8 Å². The average molecular weight is 384 g/mol. The van der Waals surface area contributed by atoms with Gasteiger partial charge >= 0.3 is 13.8 Å². The lowest BCUT2D eigenvalue weighted by molar-refractivity contribution is -0.157. The van der Waals surface area contributed by atoms with Crippen molar-refractivity contribution in [3.63, 3.8) is 0 Å². The largest absolute Gasteiger partial charge is 0.469 e. The Labute approximate surface area is 150 Å². The molecule has 0 amide bonds. The second kappa shape index (κ2) is 15.7. The lowest BCUT2D eigenvalue weighted by atomic mass is 10.1. The Morgan fingerprint density at radius 2 is 1.52 bits per heavy atom. The number of hydrogen-bond acceptors (Lipinski definition) is 6. The second-order valence-electron chi connectivity index (χ2n) is 5.98. The zero-order valence-electron chi connectivity index (χ0n) is 15.1. The molecule has 0 spiro atoms. The topological polar surface area (TPSA) is 123 Å². The number of carbonyl (C=O) groups excluding carboxylic acids is 1. The van der Waals surface area contributed by atoms with E-state index in [9.17, 15) is 9.36 Å². The predicted octanol–water partition coefficient (Wildman–Crippen LogP) is 2.89. The number of phosphoric acid groups is 1. The third kappa shape index (κ3) is 18.1. The third-order valence-electron chi connectivity index (χ3n) is 3.61. The summed E-state index contributed by atoms with van der Waals surface area (Å²) in [6.07, 6.45) is 9.49. The summed E-state index contributed by atoms with van der Waals surface area (Å²) in [7, 11) is -4.65. The standard InChI is InChI=1S/C16H33O8P/c1-2-3-4-5-6-7-8-9-10-11-16(18)24-15(12-22-14-17)13-23-25(19,20)21/h15,17H,2-14H2,1H3,(H2,19,20,21)/t15-/m1/s1. The first-order valence-electron chi connectivity index (χ1n) is 8.97. The molecule has 1 atom stereocenters. The number of aliphatic hydroxyl groups is 1. The molecule has 3 N–H and O–H groups in total. The number of rotatable bonds is 17. The van der Waals surface area contributed by atoms with Gasteiger partial charge in [0.15, 0.2) is 0 Å². The number of esters is 1. The highest BCUT2D eigenvalue weighted by Crippen LogP contribution is 2.35. The molecule has 0 aliphatic rings. The number of hydrogen-bond donors (Lipinski definition) is 3. The summed E-state index contributed by atoms with van der Waals surface area (Å²) in [5, 5.41) is 8.61. The summed E-state index contributed by atoms with van der Waals surface area (Å²) in [6.45, 7) is 0.925. The van der Waals surface area contributed by atoms with Crippen molar-refractivity contribution in [2.75, 3.05) is 20.0 Å². The van der Waals surface area contributed by atoms with Gasteiger partial charge in [-0.2, -0.15) is 0 Å². The smallest absolute Gasteiger partial charge is 0.457 e. The van der Waals surface area contributed by atoms with Crippen LogP contribution in [-0.4, -0.2) is 47.0 Å². The number of aliphatic hydroxyl groups excluding tert-OH is 1. The van der Waals surface area contributed by atoms with Gasteiger partial charge in [0.25, 0.3) is 0 Å². The van der Waals surface area contributed by atoms with E-state index in [-0.39, 0.29) is 13.0 Å². The van der Waals surface area contributed by atoms with Gasteiger partial charge in [-0.25, -0.2) is 4.57 Å². The predicted molar refractivity (Wildman–Crippen MR) is 92.8 cm³/mol. The molecule has 0 heterocycles. The Bertz CT molecular complexity index is 371. The molecular weight excluding hydrogens is 351 g/mol. The van der Waals surface area contributed by atoms with Crippen molar-refractivity contribution in [3.8, 4) is 0 Å². The van der Waals surface area contributed by atoms with Crippen LogP contribution in [0.4, 0.5) is 0 Å². The minimum Gasteiger partial charge on any atom is -0.457 e. The van der Waals surface area contributed by atoms with Gasteiger partial charge < -0.3 is 24.4 Å². The normalized spacial score (nSPS) is 13.0. The minimum absolute atomic E-state index is 0.194. The van der Waals surface area contributed by atoms with Crippen LogP contribution in [0.15, 0.2) is 0 Å². The van der Waals surface area contributed by atoms with Crippen LogP contribution < -0.4 is 0 Å². The van der Waals surface area contributed by atoms with Crippen LogP contribution >= 0.6 is 7.82 Å². The van der Waals surface area contributed by atoms with Crippen LogP contribution in [0.3, 0.4) is 0 Å². The van der Waals surface area contributed by atoms with Crippen LogP contribution in [0, 0.1) is 0 Å². The number of phosphoric ester groups is 1. The molecule has 25 heavy (non-hydrogen) atoms. The monoisotopic (exact) mass is 384 g/mol. The first-order valence-corrected chi connectivity index (χ1v) is 10.5. The van der Waals surface area contributed by atoms with Gasteiger partial charge in [-0.1, -0.05) is 58.3 Å². The van der Waals surface area contributed by atoms with Crippen LogP contribution in [-0.2, 0) is 23.4 Å². The highest BCUT2D eigenvalue weighted by atomic mass is 31.2. The quantitative estimate of drug-likeness (QED) is 0.151. The molecule has 150 valence electrons. The van der Waals surface area contributed by atoms with E-state index in [4.69, 9.17) is 24.4 Å². The van der Waals surface area contributed by atoms with E-state index in [1.54, 1.807) is 0 Å². The highest BCUT2D eigenvalue weighted by Gasteiger charge is 2.21. The van der Waals surface area contributed by atoms with E-state index < -0.39 is 33.3 Å². The van der Waals surface area contributed by atoms with Crippen molar-refractivity contribution in [1.29, 1.82) is 0 Å². The summed E-state index contributed by atoms with van der Waals surface area (Å²) < 4.78 is 24.8. The maximum atomic E-state index is 11.8. The fourth-order valence-electron chi connectivity index (χ4n) is 2.31. The summed E-state index contributed by atoms with van der Waals surface area (Å²) in [4.78, 5) is 29.1. The van der Waals surface area contributed by atoms with E-state index in [1.807, 2.05) is 0 Å². The van der Waals surface area contributed by atoms with Gasteiger partial charge in [-0.15, -0.1) is 0 Å². The van der Waals surface area contributed by atoms with Crippen molar-refractivity contribution in [1.82, 2.24) is 0 Å². The molecule has 0 aromatic carbocycles. The van der Waals surface area contributed by atoms with E-state index in [2.05, 4.69) is 11.4 Å².